The van der Waals surface area contributed by atoms with E-state index < -0.39 is 5.82 Å². The van der Waals surface area contributed by atoms with Crippen LogP contribution in [-0.2, 0) is 4.79 Å². The number of halogens is 1. The fourth-order valence-electron chi connectivity index (χ4n) is 4.16. The first-order chi connectivity index (χ1) is 11.6. The predicted octanol–water partition coefficient (Wildman–Crippen LogP) is 2.03. The van der Waals surface area contributed by atoms with Crippen molar-refractivity contribution in [3.05, 3.63) is 12.0 Å². The molecule has 3 fully saturated rings. The molecule has 2 saturated heterocycles. The predicted molar refractivity (Wildman–Crippen MR) is 89.4 cm³/mol. The highest BCUT2D eigenvalue weighted by Gasteiger charge is 2.46. The fourth-order valence-corrected chi connectivity index (χ4v) is 4.16. The zero-order valence-electron chi connectivity index (χ0n) is 14.1. The lowest BCUT2D eigenvalue weighted by molar-refractivity contribution is -0.138. The van der Waals surface area contributed by atoms with Crippen molar-refractivity contribution in [1.82, 2.24) is 14.9 Å². The smallest absolute Gasteiger partial charge is 0.227 e. The molecule has 1 aromatic rings. The maximum Gasteiger partial charge on any atom is 0.227 e. The highest BCUT2D eigenvalue weighted by molar-refractivity contribution is 5.78. The standard InChI is InChI=1S/C17H24FN5O/c1-19-15-13(18)9-20-16(21-15)22-8-2-6-17(10-22)7-5-14(24)23(11-17)12-3-4-12/h9,12H,2-8,10-11H2,1H3,(H,19,20,21). The van der Waals surface area contributed by atoms with Gasteiger partial charge in [0.1, 0.15) is 0 Å². The minimum Gasteiger partial charge on any atom is -0.371 e. The zero-order chi connectivity index (χ0) is 16.7. The van der Waals surface area contributed by atoms with Crippen molar-refractivity contribution in [3.63, 3.8) is 0 Å². The molecule has 1 unspecified atom stereocenters. The molecule has 3 aliphatic rings. The minimum atomic E-state index is -0.434. The summed E-state index contributed by atoms with van der Waals surface area (Å²) in [6.45, 7) is 2.58. The van der Waals surface area contributed by atoms with Crippen LogP contribution in [0.15, 0.2) is 6.20 Å². The molecular weight excluding hydrogens is 309 g/mol. The Kier molecular flexibility index (Phi) is 3.81. The second-order valence-corrected chi connectivity index (χ2v) is 7.39. The summed E-state index contributed by atoms with van der Waals surface area (Å²) in [6.07, 6.45) is 7.32. The number of carbonyl (C=O) groups excluding carboxylic acids is 1. The number of rotatable bonds is 3. The van der Waals surface area contributed by atoms with Crippen LogP contribution in [0.4, 0.5) is 16.2 Å². The molecule has 7 heteroatoms. The largest absolute Gasteiger partial charge is 0.371 e. The molecule has 4 rings (SSSR count). The van der Waals surface area contributed by atoms with E-state index in [1.807, 2.05) is 0 Å². The Labute approximate surface area is 141 Å². The van der Waals surface area contributed by atoms with Gasteiger partial charge in [-0.05, 0) is 32.1 Å². The second-order valence-electron chi connectivity index (χ2n) is 7.39. The van der Waals surface area contributed by atoms with Crippen LogP contribution in [0.3, 0.4) is 0 Å². The monoisotopic (exact) mass is 333 g/mol. The number of nitrogens with zero attached hydrogens (tertiary/aromatic N) is 4. The number of amides is 1. The van der Waals surface area contributed by atoms with Gasteiger partial charge in [0.15, 0.2) is 11.6 Å². The third kappa shape index (κ3) is 2.80. The fraction of sp³-hybridized carbons (Fsp3) is 0.706. The molecule has 130 valence electrons. The molecule has 3 heterocycles. The van der Waals surface area contributed by atoms with E-state index in [2.05, 4.69) is 25.1 Å². The topological polar surface area (TPSA) is 61.4 Å². The molecule has 1 atom stereocenters. The first-order valence-corrected chi connectivity index (χ1v) is 8.85. The molecule has 1 aliphatic carbocycles. The third-order valence-corrected chi connectivity index (χ3v) is 5.60. The Morgan fingerprint density at radius 2 is 2.17 bits per heavy atom. The third-order valence-electron chi connectivity index (χ3n) is 5.60. The first kappa shape index (κ1) is 15.6. The van der Waals surface area contributed by atoms with E-state index in [4.69, 9.17) is 0 Å². The lowest BCUT2D eigenvalue weighted by atomic mass is 9.73. The number of hydrogen-bond donors (Lipinski definition) is 1. The van der Waals surface area contributed by atoms with Gasteiger partial charge in [-0.25, -0.2) is 9.37 Å². The molecule has 0 bridgehead atoms. The average molecular weight is 333 g/mol. The van der Waals surface area contributed by atoms with Crippen molar-refractivity contribution >= 4 is 17.7 Å². The highest BCUT2D eigenvalue weighted by Crippen LogP contribution is 2.42. The van der Waals surface area contributed by atoms with Crippen molar-refractivity contribution < 1.29 is 9.18 Å². The van der Waals surface area contributed by atoms with Gasteiger partial charge >= 0.3 is 0 Å². The summed E-state index contributed by atoms with van der Waals surface area (Å²) >= 11 is 0. The Morgan fingerprint density at radius 3 is 2.92 bits per heavy atom. The second kappa shape index (κ2) is 5.86. The molecule has 1 N–H and O–H groups in total. The summed E-state index contributed by atoms with van der Waals surface area (Å²) in [5.74, 6) is 0.694. The van der Waals surface area contributed by atoms with Crippen LogP contribution in [0, 0.1) is 11.2 Å². The number of hydrogen-bond acceptors (Lipinski definition) is 5. The van der Waals surface area contributed by atoms with Crippen LogP contribution >= 0.6 is 0 Å². The Bertz CT molecular complexity index is 650. The van der Waals surface area contributed by atoms with E-state index >= 15 is 0 Å². The van der Waals surface area contributed by atoms with Crippen molar-refractivity contribution in [2.75, 3.05) is 36.9 Å². The van der Waals surface area contributed by atoms with Crippen molar-refractivity contribution in [1.29, 1.82) is 0 Å². The van der Waals surface area contributed by atoms with E-state index in [1.165, 1.54) is 6.20 Å². The van der Waals surface area contributed by atoms with Crippen LogP contribution < -0.4 is 10.2 Å². The summed E-state index contributed by atoms with van der Waals surface area (Å²) in [7, 11) is 1.66. The molecule has 1 amide bonds. The Hall–Kier alpha value is -1.92. The lowest BCUT2D eigenvalue weighted by Gasteiger charge is -2.48. The van der Waals surface area contributed by atoms with Crippen molar-refractivity contribution in [2.45, 2.75) is 44.6 Å². The maximum atomic E-state index is 13.6. The zero-order valence-corrected chi connectivity index (χ0v) is 14.1. The van der Waals surface area contributed by atoms with Gasteiger partial charge in [0.2, 0.25) is 11.9 Å². The van der Waals surface area contributed by atoms with Gasteiger partial charge in [0.05, 0.1) is 6.20 Å². The van der Waals surface area contributed by atoms with E-state index in [9.17, 15) is 9.18 Å². The number of anilines is 2. The average Bonchev–Trinajstić information content (AvgIpc) is 3.43. The molecule has 2 aliphatic heterocycles. The molecular formula is C17H24FN5O. The minimum absolute atomic E-state index is 0.131. The van der Waals surface area contributed by atoms with Crippen molar-refractivity contribution in [2.24, 2.45) is 5.41 Å². The Balaban J connectivity index is 1.54. The van der Waals surface area contributed by atoms with E-state index in [0.29, 0.717) is 24.3 Å². The Morgan fingerprint density at radius 1 is 1.33 bits per heavy atom. The summed E-state index contributed by atoms with van der Waals surface area (Å²) in [5, 5.41) is 2.78. The van der Waals surface area contributed by atoms with Gasteiger partial charge < -0.3 is 15.1 Å². The molecule has 1 aromatic heterocycles. The lowest BCUT2D eigenvalue weighted by Crippen LogP contribution is -2.55. The van der Waals surface area contributed by atoms with Gasteiger partial charge in [-0.1, -0.05) is 0 Å². The number of likely N-dealkylation sites (tertiary alicyclic amines) is 1. The van der Waals surface area contributed by atoms with Crippen LogP contribution in [0.5, 0.6) is 0 Å². The summed E-state index contributed by atoms with van der Waals surface area (Å²) in [5.41, 5.74) is 0.131. The van der Waals surface area contributed by atoms with Crippen LogP contribution in [-0.4, -0.2) is 53.5 Å². The van der Waals surface area contributed by atoms with Gasteiger partial charge in [0, 0.05) is 44.6 Å². The molecule has 24 heavy (non-hydrogen) atoms. The van der Waals surface area contributed by atoms with Gasteiger partial charge in [-0.3, -0.25) is 4.79 Å². The normalized spacial score (nSPS) is 27.7. The molecule has 1 saturated carbocycles. The first-order valence-electron chi connectivity index (χ1n) is 8.85. The number of aromatic nitrogens is 2. The number of piperidine rings is 2. The van der Waals surface area contributed by atoms with Crippen molar-refractivity contribution in [3.8, 4) is 0 Å². The van der Waals surface area contributed by atoms with Crippen LogP contribution in [0.2, 0.25) is 0 Å². The van der Waals surface area contributed by atoms with Crippen LogP contribution in [0.1, 0.15) is 38.5 Å². The summed E-state index contributed by atoms with van der Waals surface area (Å²) in [6, 6.07) is 0.475. The molecule has 0 aromatic carbocycles. The van der Waals surface area contributed by atoms with Crippen LogP contribution in [0.25, 0.3) is 0 Å². The SMILES string of the molecule is CNc1nc(N2CCCC3(CCC(=O)N(C4CC4)C3)C2)ncc1F. The van der Waals surface area contributed by atoms with E-state index in [0.717, 1.165) is 51.7 Å². The highest BCUT2D eigenvalue weighted by atomic mass is 19.1. The van der Waals surface area contributed by atoms with Gasteiger partial charge in [-0.15, -0.1) is 0 Å². The van der Waals surface area contributed by atoms with E-state index in [1.54, 1.807) is 7.05 Å². The number of nitrogens with one attached hydrogen (secondary N) is 1. The summed E-state index contributed by atoms with van der Waals surface area (Å²) < 4.78 is 13.6. The van der Waals surface area contributed by atoms with E-state index in [-0.39, 0.29) is 11.2 Å². The quantitative estimate of drug-likeness (QED) is 0.917. The van der Waals surface area contributed by atoms with Gasteiger partial charge in [-0.2, -0.15) is 4.98 Å². The maximum absolute atomic E-state index is 13.6. The number of carbonyl (C=O) groups is 1. The van der Waals surface area contributed by atoms with Gasteiger partial charge in [0.25, 0.3) is 0 Å². The molecule has 0 radical (unpaired) electrons. The summed E-state index contributed by atoms with van der Waals surface area (Å²) in [4.78, 5) is 25.0. The molecule has 1 spiro atoms. The molecule has 6 nitrogen and oxygen atoms in total.